The first-order valence-corrected chi connectivity index (χ1v) is 13.0. The fraction of sp³-hybridized carbons (Fsp3) is 0.154. The van der Waals surface area contributed by atoms with E-state index in [1.54, 1.807) is 42.9 Å². The molecule has 0 aliphatic carbocycles. The lowest BCUT2D eigenvalue weighted by atomic mass is 10.1. The predicted octanol–water partition coefficient (Wildman–Crippen LogP) is 4.43. The molecule has 10 heteroatoms. The molecule has 36 heavy (non-hydrogen) atoms. The molecular weight excluding hydrogens is 500 g/mol. The van der Waals surface area contributed by atoms with Gasteiger partial charge in [-0.3, -0.25) is 19.0 Å². The average Bonchev–Trinajstić information content (AvgIpc) is 3.07. The van der Waals surface area contributed by atoms with Crippen molar-refractivity contribution in [2.24, 2.45) is 7.05 Å². The van der Waals surface area contributed by atoms with Crippen molar-refractivity contribution in [3.05, 3.63) is 111 Å². The fourth-order valence-corrected chi connectivity index (χ4v) is 5.47. The lowest BCUT2D eigenvalue weighted by molar-refractivity contribution is 0.0939. The molecule has 0 spiro atoms. The molecule has 0 saturated heterocycles. The van der Waals surface area contributed by atoms with E-state index in [9.17, 15) is 18.0 Å². The van der Waals surface area contributed by atoms with Crippen molar-refractivity contribution in [1.29, 1.82) is 0 Å². The largest absolute Gasteiger partial charge is 0.346 e. The van der Waals surface area contributed by atoms with Gasteiger partial charge in [0.15, 0.2) is 0 Å². The normalized spacial score (nSPS) is 12.2. The van der Waals surface area contributed by atoms with Crippen LogP contribution in [0, 0.1) is 6.92 Å². The maximum absolute atomic E-state index is 13.3. The number of hydrogen-bond donors (Lipinski definition) is 2. The van der Waals surface area contributed by atoms with Gasteiger partial charge in [-0.1, -0.05) is 60.1 Å². The number of carbonyl (C=O) groups is 1. The topological polar surface area (TPSA) is 102 Å². The van der Waals surface area contributed by atoms with Crippen LogP contribution in [0.3, 0.4) is 0 Å². The van der Waals surface area contributed by atoms with Crippen molar-refractivity contribution in [1.82, 2.24) is 14.7 Å². The van der Waals surface area contributed by atoms with Gasteiger partial charge in [0.25, 0.3) is 21.5 Å². The van der Waals surface area contributed by atoms with Crippen LogP contribution in [0.4, 0.5) is 5.69 Å². The van der Waals surface area contributed by atoms with Crippen molar-refractivity contribution < 1.29 is 13.2 Å². The molecule has 1 atom stereocenters. The number of nitrogens with one attached hydrogen (secondary N) is 2. The standard InChI is InChI=1S/C26H25ClN4O4S/c1-17(19-10-6-4-7-11-19)28-25(32)20-14-15-22(27)23(16-20)36(34,35)29-24-18(2)30(3)31(26(24)33)21-12-8-5-9-13-21/h4-17,29H,1-3H3,(H,28,32)/t17-/m1/s1. The van der Waals surface area contributed by atoms with Gasteiger partial charge in [0, 0.05) is 12.6 Å². The summed E-state index contributed by atoms with van der Waals surface area (Å²) in [4.78, 5) is 25.7. The Bertz CT molecular complexity index is 1580. The van der Waals surface area contributed by atoms with Gasteiger partial charge >= 0.3 is 0 Å². The van der Waals surface area contributed by atoms with E-state index in [0.29, 0.717) is 11.4 Å². The monoisotopic (exact) mass is 524 g/mol. The van der Waals surface area contributed by atoms with E-state index >= 15 is 0 Å². The molecule has 3 aromatic carbocycles. The Morgan fingerprint density at radius 2 is 1.58 bits per heavy atom. The van der Waals surface area contributed by atoms with Crippen LogP contribution in [0.15, 0.2) is 88.6 Å². The van der Waals surface area contributed by atoms with Gasteiger partial charge < -0.3 is 5.32 Å². The van der Waals surface area contributed by atoms with Crippen LogP contribution in [0.5, 0.6) is 0 Å². The van der Waals surface area contributed by atoms with E-state index in [-0.39, 0.29) is 27.2 Å². The van der Waals surface area contributed by atoms with E-state index in [1.165, 1.54) is 22.9 Å². The molecule has 2 N–H and O–H groups in total. The first-order valence-electron chi connectivity index (χ1n) is 11.1. The second-order valence-corrected chi connectivity index (χ2v) is 10.4. The second-order valence-electron chi connectivity index (χ2n) is 8.29. The maximum atomic E-state index is 13.3. The minimum absolute atomic E-state index is 0.0767. The van der Waals surface area contributed by atoms with E-state index in [0.717, 1.165) is 5.56 Å². The Labute approximate surface area is 214 Å². The van der Waals surface area contributed by atoms with E-state index in [1.807, 2.05) is 43.3 Å². The van der Waals surface area contributed by atoms with Crippen molar-refractivity contribution in [3.8, 4) is 5.69 Å². The van der Waals surface area contributed by atoms with Crippen molar-refractivity contribution in [3.63, 3.8) is 0 Å². The number of aromatic nitrogens is 2. The van der Waals surface area contributed by atoms with Crippen LogP contribution in [-0.2, 0) is 17.1 Å². The lowest BCUT2D eigenvalue weighted by Crippen LogP contribution is -2.27. The van der Waals surface area contributed by atoms with Crippen LogP contribution < -0.4 is 15.6 Å². The molecule has 0 unspecified atom stereocenters. The number of anilines is 1. The second kappa shape index (κ2) is 10.0. The predicted molar refractivity (Wildman–Crippen MR) is 140 cm³/mol. The Morgan fingerprint density at radius 3 is 2.22 bits per heavy atom. The number of carbonyl (C=O) groups excluding carboxylic acids is 1. The zero-order valence-corrected chi connectivity index (χ0v) is 21.5. The Balaban J connectivity index is 1.65. The minimum Gasteiger partial charge on any atom is -0.346 e. The molecule has 186 valence electrons. The highest BCUT2D eigenvalue weighted by Gasteiger charge is 2.25. The van der Waals surface area contributed by atoms with Crippen LogP contribution >= 0.6 is 11.6 Å². The fourth-order valence-electron chi connectivity index (χ4n) is 3.83. The van der Waals surface area contributed by atoms with Gasteiger partial charge in [-0.05, 0) is 49.7 Å². The summed E-state index contributed by atoms with van der Waals surface area (Å²) in [6.45, 7) is 3.47. The molecule has 0 radical (unpaired) electrons. The van der Waals surface area contributed by atoms with Gasteiger partial charge in [-0.15, -0.1) is 0 Å². The quantitative estimate of drug-likeness (QED) is 0.373. The summed E-state index contributed by atoms with van der Waals surface area (Å²) in [7, 11) is -2.64. The number of sulfonamides is 1. The van der Waals surface area contributed by atoms with Gasteiger partial charge in [0.2, 0.25) is 0 Å². The Kier molecular flexibility index (Phi) is 7.05. The third kappa shape index (κ3) is 4.93. The average molecular weight is 525 g/mol. The van der Waals surface area contributed by atoms with Crippen LogP contribution in [0.25, 0.3) is 5.69 Å². The molecule has 0 fully saturated rings. The van der Waals surface area contributed by atoms with Gasteiger partial charge in [0.1, 0.15) is 10.6 Å². The molecule has 1 amide bonds. The number of rotatable bonds is 7. The van der Waals surface area contributed by atoms with Crippen LogP contribution in [-0.4, -0.2) is 23.7 Å². The third-order valence-electron chi connectivity index (χ3n) is 5.92. The summed E-state index contributed by atoms with van der Waals surface area (Å²) < 4.78 is 31.9. The summed E-state index contributed by atoms with van der Waals surface area (Å²) in [5.74, 6) is -0.457. The van der Waals surface area contributed by atoms with Gasteiger partial charge in [-0.2, -0.15) is 0 Å². The van der Waals surface area contributed by atoms with Crippen molar-refractivity contribution >= 4 is 33.2 Å². The summed E-state index contributed by atoms with van der Waals surface area (Å²) in [6, 6.07) is 22.0. The first-order chi connectivity index (χ1) is 17.1. The van der Waals surface area contributed by atoms with Gasteiger partial charge in [-0.25, -0.2) is 13.1 Å². The van der Waals surface area contributed by atoms with Crippen molar-refractivity contribution in [2.75, 3.05) is 4.72 Å². The summed E-state index contributed by atoms with van der Waals surface area (Å²) in [5, 5.41) is 2.78. The molecule has 0 bridgehead atoms. The molecule has 4 rings (SSSR count). The maximum Gasteiger partial charge on any atom is 0.296 e. The molecule has 8 nitrogen and oxygen atoms in total. The lowest BCUT2D eigenvalue weighted by Gasteiger charge is -2.15. The highest BCUT2D eigenvalue weighted by Crippen LogP contribution is 2.26. The minimum atomic E-state index is -4.30. The first kappa shape index (κ1) is 25.3. The van der Waals surface area contributed by atoms with E-state index in [4.69, 9.17) is 11.6 Å². The molecule has 0 aliphatic rings. The molecule has 1 aromatic heterocycles. The molecule has 0 saturated carbocycles. The number of halogens is 1. The summed E-state index contributed by atoms with van der Waals surface area (Å²) in [5.41, 5.74) is 1.38. The zero-order chi connectivity index (χ0) is 26.0. The smallest absolute Gasteiger partial charge is 0.296 e. The SMILES string of the molecule is Cc1c(NS(=O)(=O)c2cc(C(=O)N[C@H](C)c3ccccc3)ccc2Cl)c(=O)n(-c2ccccc2)n1C. The third-order valence-corrected chi connectivity index (χ3v) is 7.75. The molecule has 1 heterocycles. The number of nitrogens with zero attached hydrogens (tertiary/aromatic N) is 2. The number of benzene rings is 3. The Hall–Kier alpha value is -3.82. The van der Waals surface area contributed by atoms with Gasteiger partial charge in [0.05, 0.1) is 22.4 Å². The highest BCUT2D eigenvalue weighted by atomic mass is 35.5. The van der Waals surface area contributed by atoms with E-state index < -0.39 is 21.5 Å². The number of para-hydroxylation sites is 1. The van der Waals surface area contributed by atoms with Crippen LogP contribution in [0.2, 0.25) is 5.02 Å². The number of hydrogen-bond acceptors (Lipinski definition) is 4. The van der Waals surface area contributed by atoms with E-state index in [2.05, 4.69) is 10.0 Å². The highest BCUT2D eigenvalue weighted by molar-refractivity contribution is 7.92. The number of amides is 1. The zero-order valence-electron chi connectivity index (χ0n) is 19.9. The Morgan fingerprint density at radius 1 is 0.972 bits per heavy atom. The summed E-state index contributed by atoms with van der Waals surface area (Å²) >= 11 is 6.23. The molecular formula is C26H25ClN4O4S. The van der Waals surface area contributed by atoms with Crippen LogP contribution in [0.1, 0.15) is 34.6 Å². The molecule has 0 aliphatic heterocycles. The molecule has 4 aromatic rings. The summed E-state index contributed by atoms with van der Waals surface area (Å²) in [6.07, 6.45) is 0. The van der Waals surface area contributed by atoms with Crippen molar-refractivity contribution in [2.45, 2.75) is 24.8 Å².